The zero-order valence-electron chi connectivity index (χ0n) is 15.4. The number of aromatic nitrogens is 1. The number of carbonyl (C=O) groups excluding carboxylic acids is 2. The summed E-state index contributed by atoms with van der Waals surface area (Å²) in [5, 5.41) is 2.88. The molecule has 1 aliphatic rings. The van der Waals surface area contributed by atoms with Crippen molar-refractivity contribution in [3.05, 3.63) is 53.9 Å². The average molecular weight is 363 g/mol. The minimum absolute atomic E-state index is 0.00280. The summed E-state index contributed by atoms with van der Waals surface area (Å²) in [4.78, 5) is 30.0. The van der Waals surface area contributed by atoms with Crippen LogP contribution in [0.15, 0.2) is 46.9 Å². The molecular weight excluding hydrogens is 342 g/mol. The van der Waals surface area contributed by atoms with Crippen molar-refractivity contribution >= 4 is 22.9 Å². The Balaban J connectivity index is 1.49. The molecule has 2 aromatic carbocycles. The van der Waals surface area contributed by atoms with E-state index in [2.05, 4.69) is 10.3 Å². The van der Waals surface area contributed by atoms with Crippen LogP contribution in [0.25, 0.3) is 22.2 Å². The molecule has 1 saturated heterocycles. The Morgan fingerprint density at radius 1 is 1.15 bits per heavy atom. The molecule has 1 N–H and O–H groups in total. The van der Waals surface area contributed by atoms with E-state index < -0.39 is 0 Å². The number of hydrogen-bond acceptors (Lipinski definition) is 4. The lowest BCUT2D eigenvalue weighted by Crippen LogP contribution is -2.37. The number of rotatable bonds is 3. The molecule has 6 heteroatoms. The number of aryl methyl sites for hydroxylation is 1. The highest BCUT2D eigenvalue weighted by atomic mass is 16.3. The maximum absolute atomic E-state index is 12.7. The predicted molar refractivity (Wildman–Crippen MR) is 102 cm³/mol. The fourth-order valence-corrected chi connectivity index (χ4v) is 3.56. The van der Waals surface area contributed by atoms with E-state index in [1.807, 2.05) is 49.4 Å². The Hall–Kier alpha value is -3.15. The van der Waals surface area contributed by atoms with Gasteiger partial charge in [-0.15, -0.1) is 0 Å². The highest BCUT2D eigenvalue weighted by molar-refractivity contribution is 5.95. The van der Waals surface area contributed by atoms with Gasteiger partial charge in [0.25, 0.3) is 5.91 Å². The number of nitrogens with one attached hydrogen (secondary N) is 1. The topological polar surface area (TPSA) is 75.4 Å². The van der Waals surface area contributed by atoms with Crippen LogP contribution in [0.1, 0.15) is 29.6 Å². The molecule has 2 amide bonds. The van der Waals surface area contributed by atoms with E-state index in [1.54, 1.807) is 4.90 Å². The van der Waals surface area contributed by atoms with Gasteiger partial charge in [-0.2, -0.15) is 0 Å². The number of amides is 2. The van der Waals surface area contributed by atoms with Crippen LogP contribution in [0.5, 0.6) is 0 Å². The molecule has 1 aliphatic heterocycles. The van der Waals surface area contributed by atoms with Gasteiger partial charge in [0, 0.05) is 38.5 Å². The highest BCUT2D eigenvalue weighted by Crippen LogP contribution is 2.25. The second-order valence-corrected chi connectivity index (χ2v) is 6.93. The smallest absolute Gasteiger partial charge is 0.253 e. The Morgan fingerprint density at radius 2 is 1.89 bits per heavy atom. The molecule has 1 aromatic heterocycles. The minimum atomic E-state index is -0.0575. The van der Waals surface area contributed by atoms with Gasteiger partial charge < -0.3 is 14.6 Å². The Bertz CT molecular complexity index is 1010. The quantitative estimate of drug-likeness (QED) is 0.776. The van der Waals surface area contributed by atoms with Gasteiger partial charge in [-0.25, -0.2) is 4.98 Å². The average Bonchev–Trinajstić information content (AvgIpc) is 3.25. The predicted octanol–water partition coefficient (Wildman–Crippen LogP) is 3.15. The molecular formula is C21H21N3O3. The number of benzene rings is 2. The van der Waals surface area contributed by atoms with Crippen LogP contribution in [0.4, 0.5) is 0 Å². The lowest BCUT2D eigenvalue weighted by Gasteiger charge is -2.17. The van der Waals surface area contributed by atoms with E-state index in [1.165, 1.54) is 6.92 Å². The third-order valence-electron chi connectivity index (χ3n) is 4.84. The molecule has 1 unspecified atom stereocenters. The van der Waals surface area contributed by atoms with Gasteiger partial charge >= 0.3 is 0 Å². The van der Waals surface area contributed by atoms with Crippen molar-refractivity contribution in [3.63, 3.8) is 0 Å². The first kappa shape index (κ1) is 17.3. The third-order valence-corrected chi connectivity index (χ3v) is 4.84. The second-order valence-electron chi connectivity index (χ2n) is 6.93. The Morgan fingerprint density at radius 3 is 2.63 bits per heavy atom. The number of fused-ring (bicyclic) bond motifs is 1. The molecule has 4 rings (SSSR count). The van der Waals surface area contributed by atoms with Gasteiger partial charge in [0.2, 0.25) is 5.91 Å². The summed E-state index contributed by atoms with van der Waals surface area (Å²) in [6, 6.07) is 13.5. The van der Waals surface area contributed by atoms with Gasteiger partial charge in [0.15, 0.2) is 11.5 Å². The van der Waals surface area contributed by atoms with Crippen LogP contribution < -0.4 is 5.32 Å². The van der Waals surface area contributed by atoms with E-state index in [4.69, 9.17) is 4.42 Å². The van der Waals surface area contributed by atoms with E-state index >= 15 is 0 Å². The summed E-state index contributed by atoms with van der Waals surface area (Å²) in [6.45, 7) is 4.55. The van der Waals surface area contributed by atoms with Crippen molar-refractivity contribution in [3.8, 4) is 11.1 Å². The Kier molecular flexibility index (Phi) is 4.39. The van der Waals surface area contributed by atoms with Crippen molar-refractivity contribution in [2.75, 3.05) is 13.1 Å². The molecule has 0 radical (unpaired) electrons. The summed E-state index contributed by atoms with van der Waals surface area (Å²) in [7, 11) is 0. The molecule has 3 aromatic rings. The summed E-state index contributed by atoms with van der Waals surface area (Å²) >= 11 is 0. The number of nitrogens with zero attached hydrogens (tertiary/aromatic N) is 2. The first-order valence-electron chi connectivity index (χ1n) is 9.03. The van der Waals surface area contributed by atoms with Crippen molar-refractivity contribution in [2.24, 2.45) is 0 Å². The molecule has 6 nitrogen and oxygen atoms in total. The van der Waals surface area contributed by atoms with Crippen LogP contribution in [0, 0.1) is 6.92 Å². The van der Waals surface area contributed by atoms with Gasteiger partial charge in [-0.3, -0.25) is 9.59 Å². The summed E-state index contributed by atoms with van der Waals surface area (Å²) in [5.41, 5.74) is 4.30. The Labute approximate surface area is 157 Å². The zero-order chi connectivity index (χ0) is 19.0. The van der Waals surface area contributed by atoms with Crippen molar-refractivity contribution < 1.29 is 14.0 Å². The standard InChI is InChI=1S/C21H21N3O3/c1-13(25)22-18-9-10-24(12-18)21(26)16-5-3-15(4-6-16)17-7-8-20-19(11-17)23-14(2)27-20/h3-8,11,18H,9-10,12H2,1-2H3,(H,22,25). The fraction of sp³-hybridized carbons (Fsp3) is 0.286. The normalized spacial score (nSPS) is 16.7. The SMILES string of the molecule is CC(=O)NC1CCN(C(=O)c2ccc(-c3ccc4oc(C)nc4c3)cc2)C1. The van der Waals surface area contributed by atoms with Crippen molar-refractivity contribution in [2.45, 2.75) is 26.3 Å². The largest absolute Gasteiger partial charge is 0.441 e. The maximum Gasteiger partial charge on any atom is 0.253 e. The number of likely N-dealkylation sites (tertiary alicyclic amines) is 1. The molecule has 2 heterocycles. The summed E-state index contributed by atoms with van der Waals surface area (Å²) in [5.74, 6) is 0.584. The second kappa shape index (κ2) is 6.87. The fourth-order valence-electron chi connectivity index (χ4n) is 3.56. The van der Waals surface area contributed by atoms with Gasteiger partial charge in [-0.05, 0) is 41.8 Å². The maximum atomic E-state index is 12.7. The lowest BCUT2D eigenvalue weighted by atomic mass is 10.0. The third kappa shape index (κ3) is 3.56. The lowest BCUT2D eigenvalue weighted by molar-refractivity contribution is -0.119. The van der Waals surface area contributed by atoms with E-state index in [0.29, 0.717) is 24.5 Å². The number of carbonyl (C=O) groups is 2. The zero-order valence-corrected chi connectivity index (χ0v) is 15.4. The van der Waals surface area contributed by atoms with Crippen LogP contribution in [-0.4, -0.2) is 40.8 Å². The van der Waals surface area contributed by atoms with Crippen molar-refractivity contribution in [1.82, 2.24) is 15.2 Å². The van der Waals surface area contributed by atoms with Gasteiger partial charge in [0.05, 0.1) is 0 Å². The summed E-state index contributed by atoms with van der Waals surface area (Å²) < 4.78 is 5.51. The van der Waals surface area contributed by atoms with E-state index in [0.717, 1.165) is 28.6 Å². The van der Waals surface area contributed by atoms with Crippen LogP contribution in [0.3, 0.4) is 0 Å². The molecule has 138 valence electrons. The molecule has 0 aliphatic carbocycles. The number of hydrogen-bond donors (Lipinski definition) is 1. The molecule has 27 heavy (non-hydrogen) atoms. The highest BCUT2D eigenvalue weighted by Gasteiger charge is 2.27. The molecule has 0 saturated carbocycles. The summed E-state index contributed by atoms with van der Waals surface area (Å²) in [6.07, 6.45) is 0.792. The first-order valence-corrected chi connectivity index (χ1v) is 9.03. The van der Waals surface area contributed by atoms with Crippen LogP contribution >= 0.6 is 0 Å². The molecule has 1 atom stereocenters. The van der Waals surface area contributed by atoms with E-state index in [9.17, 15) is 9.59 Å². The van der Waals surface area contributed by atoms with Crippen LogP contribution in [0.2, 0.25) is 0 Å². The van der Waals surface area contributed by atoms with Crippen molar-refractivity contribution in [1.29, 1.82) is 0 Å². The number of oxazole rings is 1. The van der Waals surface area contributed by atoms with Gasteiger partial charge in [-0.1, -0.05) is 18.2 Å². The van der Waals surface area contributed by atoms with Gasteiger partial charge in [0.1, 0.15) is 5.52 Å². The molecule has 1 fully saturated rings. The minimum Gasteiger partial charge on any atom is -0.441 e. The van der Waals surface area contributed by atoms with Crippen LogP contribution in [-0.2, 0) is 4.79 Å². The van der Waals surface area contributed by atoms with E-state index in [-0.39, 0.29) is 17.9 Å². The molecule has 0 spiro atoms. The molecule has 0 bridgehead atoms. The monoisotopic (exact) mass is 363 g/mol. The first-order chi connectivity index (χ1) is 13.0.